The molecule has 0 aliphatic heterocycles. The second-order valence-corrected chi connectivity index (χ2v) is 5.15. The zero-order chi connectivity index (χ0) is 9.61. The van der Waals surface area contributed by atoms with Gasteiger partial charge in [-0.2, -0.15) is 0 Å². The van der Waals surface area contributed by atoms with E-state index in [1.807, 2.05) is 0 Å². The van der Waals surface area contributed by atoms with E-state index in [2.05, 4.69) is 9.05 Å². The van der Waals surface area contributed by atoms with Gasteiger partial charge in [0.15, 0.2) is 0 Å². The van der Waals surface area contributed by atoms with Gasteiger partial charge in [-0.1, -0.05) is 0 Å². The first-order valence-corrected chi connectivity index (χ1v) is 6.43. The van der Waals surface area contributed by atoms with Crippen molar-refractivity contribution >= 4 is 17.1 Å². The fraction of sp³-hybridized carbons (Fsp3) is 1.00. The Hall–Kier alpha value is 3.25. The molecule has 74 valence electrons. The van der Waals surface area contributed by atoms with Crippen molar-refractivity contribution in [3.05, 3.63) is 0 Å². The van der Waals surface area contributed by atoms with Gasteiger partial charge in [0.1, 0.15) is 0 Å². The topological polar surface area (TPSA) is 105 Å². The zero-order valence-electron chi connectivity index (χ0n) is 9.57. The normalized spacial score (nSPS) is 11.7. The predicted molar refractivity (Wildman–Crippen MR) is 37.1 cm³/mol. The Morgan fingerprint density at radius 2 is 1.67 bits per heavy atom. The third-order valence-corrected chi connectivity index (χ3v) is 2.75. The molecular formula is C4H10Na3O6PSi. The Kier molecular flexibility index (Phi) is 27.3. The van der Waals surface area contributed by atoms with Crippen molar-refractivity contribution in [3.8, 4) is 0 Å². The molecule has 0 aromatic carbocycles. The van der Waals surface area contributed by atoms with Crippen molar-refractivity contribution in [2.45, 2.75) is 12.5 Å². The maximum atomic E-state index is 10.5. The van der Waals surface area contributed by atoms with Crippen molar-refractivity contribution in [2.24, 2.45) is 0 Å². The smallest absolute Gasteiger partial charge is 0.881 e. The molecule has 0 saturated heterocycles. The fourth-order valence-electron chi connectivity index (χ4n) is 0.503. The van der Waals surface area contributed by atoms with Gasteiger partial charge in [-0.15, -0.1) is 6.04 Å². The van der Waals surface area contributed by atoms with Crippen molar-refractivity contribution in [1.29, 1.82) is 0 Å². The Morgan fingerprint density at radius 1 is 1.20 bits per heavy atom. The van der Waals surface area contributed by atoms with Gasteiger partial charge in [-0.25, -0.2) is 0 Å². The van der Waals surface area contributed by atoms with Crippen LogP contribution in [0.15, 0.2) is 0 Å². The Bertz CT molecular complexity index is 156. The quantitative estimate of drug-likeness (QED) is 0.272. The molecule has 0 rings (SSSR count). The minimum Gasteiger partial charge on any atom is -0.881 e. The largest absolute Gasteiger partial charge is 1.00 e. The summed E-state index contributed by atoms with van der Waals surface area (Å²) in [4.78, 5) is 30.3. The Balaban J connectivity index is -0.000000202. The van der Waals surface area contributed by atoms with Crippen LogP contribution in [0.5, 0.6) is 0 Å². The minimum atomic E-state index is -4.70. The van der Waals surface area contributed by atoms with E-state index in [9.17, 15) is 19.0 Å². The van der Waals surface area contributed by atoms with Gasteiger partial charge < -0.3 is 23.4 Å². The van der Waals surface area contributed by atoms with Crippen LogP contribution in [0.3, 0.4) is 0 Å². The molecule has 0 aliphatic carbocycles. The van der Waals surface area contributed by atoms with Crippen LogP contribution >= 0.6 is 8.25 Å². The molecule has 0 heterocycles. The summed E-state index contributed by atoms with van der Waals surface area (Å²) in [5, 5.41) is 0. The molecule has 1 atom stereocenters. The molecule has 0 aromatic heterocycles. The van der Waals surface area contributed by atoms with E-state index in [0.717, 1.165) is 0 Å². The molecule has 0 aliphatic rings. The van der Waals surface area contributed by atoms with E-state index in [4.69, 9.17) is 0 Å². The molecule has 1 unspecified atom stereocenters. The van der Waals surface area contributed by atoms with E-state index in [0.29, 0.717) is 0 Å². The van der Waals surface area contributed by atoms with Crippen molar-refractivity contribution in [3.63, 3.8) is 0 Å². The van der Waals surface area contributed by atoms with Gasteiger partial charge in [-0.05, 0) is 6.42 Å². The van der Waals surface area contributed by atoms with E-state index in [-0.39, 0.29) is 102 Å². The molecule has 0 aromatic rings. The maximum absolute atomic E-state index is 10.5. The van der Waals surface area contributed by atoms with E-state index >= 15 is 0 Å². The zero-order valence-corrected chi connectivity index (χ0v) is 17.6. The molecule has 0 amide bonds. The molecule has 0 bridgehead atoms. The first-order valence-electron chi connectivity index (χ1n) is 3.28. The van der Waals surface area contributed by atoms with Crippen molar-refractivity contribution in [2.75, 3.05) is 13.7 Å². The van der Waals surface area contributed by atoms with Gasteiger partial charge in [0.05, 0.1) is 6.61 Å². The number of hydrogen-bond donors (Lipinski definition) is 0. The standard InChI is InChI=1S/C4H10O6PSi.3Na/c1-9-11(5)10-3-2-4-12(6,7)8;;;/h11H,2-4H2,1H3;;;/q-3;3*+1. The first-order chi connectivity index (χ1) is 5.45. The predicted octanol–water partition coefficient (Wildman–Crippen LogP) is -11.5. The van der Waals surface area contributed by atoms with Crippen LogP contribution in [0, 0.1) is 0 Å². The summed E-state index contributed by atoms with van der Waals surface area (Å²) in [6.45, 7) is -0.0346. The Labute approximate surface area is 157 Å². The summed E-state index contributed by atoms with van der Waals surface area (Å²) in [5.74, 6) is 0. The third kappa shape index (κ3) is 22.8. The summed E-state index contributed by atoms with van der Waals surface area (Å²) in [5.41, 5.74) is 0. The molecule has 0 radical (unpaired) electrons. The third-order valence-electron chi connectivity index (χ3n) is 1.01. The summed E-state index contributed by atoms with van der Waals surface area (Å²) < 4.78 is 19.3. The van der Waals surface area contributed by atoms with Crippen LogP contribution in [-0.4, -0.2) is 22.5 Å². The summed E-state index contributed by atoms with van der Waals surface area (Å²) in [6.07, 6.45) is 0.0580. The van der Waals surface area contributed by atoms with Crippen LogP contribution in [0.25, 0.3) is 0 Å². The van der Waals surface area contributed by atoms with Crippen molar-refractivity contribution in [1.82, 2.24) is 0 Å². The number of rotatable bonds is 6. The first kappa shape index (κ1) is 26.7. The molecule has 15 heavy (non-hydrogen) atoms. The Morgan fingerprint density at radius 3 is 2.00 bits per heavy atom. The molecule has 11 heteroatoms. The second kappa shape index (κ2) is 15.3. The van der Waals surface area contributed by atoms with E-state index in [1.54, 1.807) is 0 Å². The SMILES string of the molecule is CO[PH](=O)OCCC[Si]([O-])([O-])[O-].[Na+].[Na+].[Na+]. The van der Waals surface area contributed by atoms with E-state index in [1.165, 1.54) is 7.11 Å². The molecule has 0 saturated carbocycles. The monoisotopic (exact) mass is 282 g/mol. The van der Waals surface area contributed by atoms with Gasteiger partial charge >= 0.3 is 96.9 Å². The fourth-order valence-corrected chi connectivity index (χ4v) is 1.51. The van der Waals surface area contributed by atoms with Crippen LogP contribution in [0.1, 0.15) is 6.42 Å². The summed E-state index contributed by atoms with van der Waals surface area (Å²) in [6, 6.07) is -0.453. The number of hydrogen-bond acceptors (Lipinski definition) is 6. The average Bonchev–Trinajstić information content (AvgIpc) is 1.96. The van der Waals surface area contributed by atoms with Gasteiger partial charge in [0, 0.05) is 7.11 Å². The van der Waals surface area contributed by atoms with Crippen LogP contribution in [-0.2, 0) is 13.6 Å². The van der Waals surface area contributed by atoms with Gasteiger partial charge in [0.25, 0.3) is 0 Å². The van der Waals surface area contributed by atoms with Crippen molar-refractivity contribution < 1.29 is 117 Å². The van der Waals surface area contributed by atoms with Crippen LogP contribution < -0.4 is 103 Å². The molecular weight excluding hydrogens is 272 g/mol. The average molecular weight is 282 g/mol. The maximum Gasteiger partial charge on any atom is 1.00 e. The molecule has 0 fully saturated rings. The van der Waals surface area contributed by atoms with E-state index < -0.39 is 23.1 Å². The molecule has 0 spiro atoms. The van der Waals surface area contributed by atoms with Gasteiger partial charge in [0.2, 0.25) is 0 Å². The van der Waals surface area contributed by atoms with Gasteiger partial charge in [-0.3, -0.25) is 13.4 Å². The summed E-state index contributed by atoms with van der Waals surface area (Å²) in [7, 11) is -5.97. The summed E-state index contributed by atoms with van der Waals surface area (Å²) >= 11 is 0. The minimum absolute atomic E-state index is 0. The van der Waals surface area contributed by atoms with Crippen LogP contribution in [0.4, 0.5) is 0 Å². The van der Waals surface area contributed by atoms with Crippen LogP contribution in [0.2, 0.25) is 6.04 Å². The second-order valence-electron chi connectivity index (χ2n) is 2.09. The molecule has 6 nitrogen and oxygen atoms in total. The molecule has 0 N–H and O–H groups in total.